The summed E-state index contributed by atoms with van der Waals surface area (Å²) in [5.74, 6) is 0. The molecule has 1 N–H and O–H groups in total. The van der Waals surface area contributed by atoms with E-state index < -0.39 is 0 Å². The smallest absolute Gasteiger partial charge is 0.0195 e. The summed E-state index contributed by atoms with van der Waals surface area (Å²) in [6.45, 7) is 10.1. The third-order valence-corrected chi connectivity index (χ3v) is 2.92. The molecule has 1 heterocycles. The monoisotopic (exact) mass is 196 g/mol. The fraction of sp³-hybridized carbons (Fsp3) is 0.833. The Morgan fingerprint density at radius 3 is 2.79 bits per heavy atom. The standard InChI is InChI=1S/C12H24N2/c1-4-5-9-14(11(2)3)10-12-7-6-8-13-12/h4-5,11-13H,6-10H2,1-3H3/b5-4+. The van der Waals surface area contributed by atoms with E-state index in [1.54, 1.807) is 0 Å². The highest BCUT2D eigenvalue weighted by atomic mass is 15.2. The summed E-state index contributed by atoms with van der Waals surface area (Å²) < 4.78 is 0. The van der Waals surface area contributed by atoms with Crippen LogP contribution in [0, 0.1) is 0 Å². The van der Waals surface area contributed by atoms with Crippen LogP contribution < -0.4 is 5.32 Å². The van der Waals surface area contributed by atoms with Gasteiger partial charge in [0.1, 0.15) is 0 Å². The van der Waals surface area contributed by atoms with Gasteiger partial charge < -0.3 is 5.32 Å². The predicted octanol–water partition coefficient (Wildman–Crippen LogP) is 2.02. The molecular weight excluding hydrogens is 172 g/mol. The Kier molecular flexibility index (Phi) is 5.20. The topological polar surface area (TPSA) is 15.3 Å². The first-order valence-electron chi connectivity index (χ1n) is 5.82. The molecule has 0 saturated carbocycles. The zero-order valence-corrected chi connectivity index (χ0v) is 9.79. The van der Waals surface area contributed by atoms with Crippen molar-refractivity contribution in [3.63, 3.8) is 0 Å². The zero-order valence-electron chi connectivity index (χ0n) is 9.79. The summed E-state index contributed by atoms with van der Waals surface area (Å²) in [5, 5.41) is 3.55. The number of rotatable bonds is 5. The van der Waals surface area contributed by atoms with Crippen LogP contribution in [0.4, 0.5) is 0 Å². The van der Waals surface area contributed by atoms with Crippen LogP contribution in [0.3, 0.4) is 0 Å². The van der Waals surface area contributed by atoms with Crippen molar-refractivity contribution >= 4 is 0 Å². The fourth-order valence-electron chi connectivity index (χ4n) is 1.93. The van der Waals surface area contributed by atoms with Crippen molar-refractivity contribution in [2.45, 2.75) is 45.7 Å². The van der Waals surface area contributed by atoms with Crippen LogP contribution in [0.2, 0.25) is 0 Å². The van der Waals surface area contributed by atoms with Gasteiger partial charge in [-0.05, 0) is 40.2 Å². The molecule has 0 radical (unpaired) electrons. The van der Waals surface area contributed by atoms with E-state index in [4.69, 9.17) is 0 Å². The molecule has 1 fully saturated rings. The molecule has 1 atom stereocenters. The van der Waals surface area contributed by atoms with Gasteiger partial charge in [-0.1, -0.05) is 12.2 Å². The molecule has 0 spiro atoms. The third kappa shape index (κ3) is 3.81. The Labute approximate surface area is 88.4 Å². The molecule has 1 aliphatic rings. The first kappa shape index (κ1) is 11.7. The molecule has 1 aliphatic heterocycles. The summed E-state index contributed by atoms with van der Waals surface area (Å²) in [4.78, 5) is 2.53. The Hall–Kier alpha value is -0.340. The second-order valence-electron chi connectivity index (χ2n) is 4.41. The summed E-state index contributed by atoms with van der Waals surface area (Å²) in [6, 6.07) is 1.37. The molecule has 82 valence electrons. The SMILES string of the molecule is C/C=C/CN(CC1CCCN1)C(C)C. The van der Waals surface area contributed by atoms with Gasteiger partial charge in [0.25, 0.3) is 0 Å². The second kappa shape index (κ2) is 6.20. The molecule has 2 heteroatoms. The summed E-state index contributed by atoms with van der Waals surface area (Å²) >= 11 is 0. The number of hydrogen-bond acceptors (Lipinski definition) is 2. The number of hydrogen-bond donors (Lipinski definition) is 1. The second-order valence-corrected chi connectivity index (χ2v) is 4.41. The lowest BCUT2D eigenvalue weighted by molar-refractivity contribution is 0.224. The molecule has 0 aromatic carbocycles. The Morgan fingerprint density at radius 1 is 1.50 bits per heavy atom. The molecule has 0 aromatic heterocycles. The average Bonchev–Trinajstić information content (AvgIpc) is 2.64. The van der Waals surface area contributed by atoms with Gasteiger partial charge in [0, 0.05) is 25.2 Å². The zero-order chi connectivity index (χ0) is 10.4. The third-order valence-electron chi connectivity index (χ3n) is 2.92. The van der Waals surface area contributed by atoms with E-state index in [1.807, 2.05) is 0 Å². The van der Waals surface area contributed by atoms with Crippen LogP contribution in [0.15, 0.2) is 12.2 Å². The van der Waals surface area contributed by atoms with Crippen LogP contribution in [0.5, 0.6) is 0 Å². The van der Waals surface area contributed by atoms with Gasteiger partial charge in [-0.15, -0.1) is 0 Å². The molecule has 0 bridgehead atoms. The molecular formula is C12H24N2. The van der Waals surface area contributed by atoms with E-state index in [2.05, 4.69) is 43.1 Å². The van der Waals surface area contributed by atoms with Crippen LogP contribution in [0.1, 0.15) is 33.6 Å². The summed E-state index contributed by atoms with van der Waals surface area (Å²) in [5.41, 5.74) is 0. The van der Waals surface area contributed by atoms with Gasteiger partial charge in [-0.3, -0.25) is 4.90 Å². The van der Waals surface area contributed by atoms with Gasteiger partial charge in [-0.25, -0.2) is 0 Å². The normalized spacial score (nSPS) is 23.1. The lowest BCUT2D eigenvalue weighted by Crippen LogP contribution is -2.41. The number of nitrogens with one attached hydrogen (secondary N) is 1. The largest absolute Gasteiger partial charge is 0.313 e. The van der Waals surface area contributed by atoms with Crippen molar-refractivity contribution < 1.29 is 0 Å². The lowest BCUT2D eigenvalue weighted by atomic mass is 10.2. The van der Waals surface area contributed by atoms with E-state index in [0.717, 1.165) is 12.6 Å². The van der Waals surface area contributed by atoms with Gasteiger partial charge in [0.15, 0.2) is 0 Å². The maximum absolute atomic E-state index is 3.55. The Balaban J connectivity index is 2.33. The van der Waals surface area contributed by atoms with Crippen molar-refractivity contribution in [3.05, 3.63) is 12.2 Å². The van der Waals surface area contributed by atoms with Crippen LogP contribution in [0.25, 0.3) is 0 Å². The van der Waals surface area contributed by atoms with Crippen molar-refractivity contribution in [1.82, 2.24) is 10.2 Å². The number of nitrogens with zero attached hydrogens (tertiary/aromatic N) is 1. The van der Waals surface area contributed by atoms with Gasteiger partial charge in [-0.2, -0.15) is 0 Å². The number of allylic oxidation sites excluding steroid dienone is 1. The lowest BCUT2D eigenvalue weighted by Gasteiger charge is -2.28. The average molecular weight is 196 g/mol. The highest BCUT2D eigenvalue weighted by molar-refractivity contribution is 4.86. The van der Waals surface area contributed by atoms with Crippen LogP contribution in [-0.4, -0.2) is 36.6 Å². The molecule has 1 saturated heterocycles. The van der Waals surface area contributed by atoms with Crippen LogP contribution in [-0.2, 0) is 0 Å². The summed E-state index contributed by atoms with van der Waals surface area (Å²) in [6.07, 6.45) is 7.08. The van der Waals surface area contributed by atoms with Crippen molar-refractivity contribution in [2.24, 2.45) is 0 Å². The van der Waals surface area contributed by atoms with Crippen molar-refractivity contribution in [3.8, 4) is 0 Å². The highest BCUT2D eigenvalue weighted by Gasteiger charge is 2.18. The first-order valence-corrected chi connectivity index (χ1v) is 5.82. The van der Waals surface area contributed by atoms with Gasteiger partial charge in [0.05, 0.1) is 0 Å². The quantitative estimate of drug-likeness (QED) is 0.677. The fourth-order valence-corrected chi connectivity index (χ4v) is 1.93. The minimum atomic E-state index is 0.647. The molecule has 1 rings (SSSR count). The molecule has 0 amide bonds. The van der Waals surface area contributed by atoms with Crippen molar-refractivity contribution in [2.75, 3.05) is 19.6 Å². The minimum absolute atomic E-state index is 0.647. The van der Waals surface area contributed by atoms with E-state index in [1.165, 1.54) is 25.9 Å². The molecule has 14 heavy (non-hydrogen) atoms. The van der Waals surface area contributed by atoms with E-state index in [9.17, 15) is 0 Å². The Bertz CT molecular complexity index is 169. The molecule has 1 unspecified atom stereocenters. The molecule has 0 aromatic rings. The Morgan fingerprint density at radius 2 is 2.29 bits per heavy atom. The summed E-state index contributed by atoms with van der Waals surface area (Å²) in [7, 11) is 0. The molecule has 2 nitrogen and oxygen atoms in total. The highest BCUT2D eigenvalue weighted by Crippen LogP contribution is 2.09. The van der Waals surface area contributed by atoms with E-state index in [-0.39, 0.29) is 0 Å². The van der Waals surface area contributed by atoms with E-state index >= 15 is 0 Å². The predicted molar refractivity (Wildman–Crippen MR) is 62.5 cm³/mol. The maximum Gasteiger partial charge on any atom is 0.0195 e. The molecule has 0 aliphatic carbocycles. The van der Waals surface area contributed by atoms with Gasteiger partial charge in [0.2, 0.25) is 0 Å². The first-order chi connectivity index (χ1) is 6.74. The van der Waals surface area contributed by atoms with Gasteiger partial charge >= 0.3 is 0 Å². The minimum Gasteiger partial charge on any atom is -0.313 e. The van der Waals surface area contributed by atoms with Crippen molar-refractivity contribution in [1.29, 1.82) is 0 Å². The van der Waals surface area contributed by atoms with Crippen LogP contribution >= 0.6 is 0 Å². The van der Waals surface area contributed by atoms with E-state index in [0.29, 0.717) is 6.04 Å². The maximum atomic E-state index is 3.55.